The Labute approximate surface area is 247 Å². The molecular formula is C31H32N6O4S. The SMILES string of the molecule is CN1CC=C[C@H]2S[C@]34C=CCN(Cn5nnc6ccccc65)C(=O)C3N([C@@H](CO)Cc3ccccc3)C(=O)[C@@H]4[C@H]2C1=O. The van der Waals surface area contributed by atoms with Crippen molar-refractivity contribution in [1.82, 2.24) is 29.7 Å². The minimum Gasteiger partial charge on any atom is -0.394 e. The number of thioether (sulfide) groups is 1. The van der Waals surface area contributed by atoms with E-state index in [1.807, 2.05) is 78.9 Å². The second kappa shape index (κ2) is 10.4. The third-order valence-corrected chi connectivity index (χ3v) is 10.8. The molecule has 5 heterocycles. The van der Waals surface area contributed by atoms with Crippen molar-refractivity contribution in [3.05, 3.63) is 84.5 Å². The molecule has 6 atom stereocenters. The van der Waals surface area contributed by atoms with Gasteiger partial charge in [0, 0.05) is 25.4 Å². The van der Waals surface area contributed by atoms with E-state index < -0.39 is 28.7 Å². The first-order valence-electron chi connectivity index (χ1n) is 14.2. The van der Waals surface area contributed by atoms with E-state index in [4.69, 9.17) is 0 Å². The summed E-state index contributed by atoms with van der Waals surface area (Å²) < 4.78 is 0.739. The molecular weight excluding hydrogens is 552 g/mol. The number of aliphatic hydroxyl groups is 1. The second-order valence-electron chi connectivity index (χ2n) is 11.4. The lowest BCUT2D eigenvalue weighted by Crippen LogP contribution is -2.57. The molecule has 2 fully saturated rings. The molecule has 1 N–H and O–H groups in total. The molecule has 0 radical (unpaired) electrons. The Hall–Kier alpha value is -3.96. The van der Waals surface area contributed by atoms with E-state index in [0.717, 1.165) is 16.6 Å². The lowest BCUT2D eigenvalue weighted by atomic mass is 9.78. The quantitative estimate of drug-likeness (QED) is 0.439. The Morgan fingerprint density at radius 1 is 1.00 bits per heavy atom. The summed E-state index contributed by atoms with van der Waals surface area (Å²) in [7, 11) is 1.75. The maximum Gasteiger partial charge on any atom is 0.248 e. The molecule has 3 aromatic rings. The van der Waals surface area contributed by atoms with Crippen LogP contribution in [0, 0.1) is 11.8 Å². The fraction of sp³-hybridized carbons (Fsp3) is 0.387. The molecule has 2 aromatic carbocycles. The number of amides is 3. The predicted octanol–water partition coefficient (Wildman–Crippen LogP) is 1.72. The van der Waals surface area contributed by atoms with Gasteiger partial charge in [-0.25, -0.2) is 4.68 Å². The van der Waals surface area contributed by atoms with Gasteiger partial charge in [0.25, 0.3) is 0 Å². The van der Waals surface area contributed by atoms with Crippen molar-refractivity contribution < 1.29 is 19.5 Å². The fourth-order valence-corrected chi connectivity index (χ4v) is 9.08. The largest absolute Gasteiger partial charge is 0.394 e. The number of benzene rings is 2. The molecule has 1 unspecified atom stereocenters. The van der Waals surface area contributed by atoms with Gasteiger partial charge < -0.3 is 19.8 Å². The van der Waals surface area contributed by atoms with Gasteiger partial charge in [0.15, 0.2) is 0 Å². The van der Waals surface area contributed by atoms with Crippen LogP contribution in [0.25, 0.3) is 11.0 Å². The third kappa shape index (κ3) is 4.09. The Balaban J connectivity index is 1.32. The average molecular weight is 585 g/mol. The van der Waals surface area contributed by atoms with Crippen molar-refractivity contribution in [1.29, 1.82) is 0 Å². The van der Waals surface area contributed by atoms with E-state index in [0.29, 0.717) is 19.5 Å². The number of hydrogen-bond donors (Lipinski definition) is 1. The molecule has 3 amide bonds. The van der Waals surface area contributed by atoms with Gasteiger partial charge in [0.2, 0.25) is 17.7 Å². The Kier molecular flexibility index (Phi) is 6.66. The van der Waals surface area contributed by atoms with Crippen molar-refractivity contribution in [2.75, 3.05) is 26.7 Å². The molecule has 0 aliphatic carbocycles. The fourth-order valence-electron chi connectivity index (χ4n) is 7.09. The number of nitrogens with zero attached hydrogens (tertiary/aromatic N) is 6. The minimum atomic E-state index is -0.953. The Bertz CT molecular complexity index is 1610. The number of carbonyl (C=O) groups is 3. The maximum atomic E-state index is 14.7. The number of fused-ring (bicyclic) bond motifs is 3. The third-order valence-electron chi connectivity index (χ3n) is 9.02. The molecule has 1 aromatic heterocycles. The summed E-state index contributed by atoms with van der Waals surface area (Å²) in [6.07, 6.45) is 8.33. The zero-order chi connectivity index (χ0) is 29.0. The number of carbonyl (C=O) groups excluding carboxylic acids is 3. The number of hydrogen-bond acceptors (Lipinski definition) is 7. The van der Waals surface area contributed by atoms with Crippen LogP contribution in [0.15, 0.2) is 78.9 Å². The summed E-state index contributed by atoms with van der Waals surface area (Å²) >= 11 is 1.54. The van der Waals surface area contributed by atoms with Crippen molar-refractivity contribution in [3.63, 3.8) is 0 Å². The number of likely N-dealkylation sites (tertiary alicyclic amines) is 1. The van der Waals surface area contributed by atoms with Gasteiger partial charge in [-0.05, 0) is 24.1 Å². The minimum absolute atomic E-state index is 0.0898. The maximum absolute atomic E-state index is 14.7. The predicted molar refractivity (Wildman–Crippen MR) is 158 cm³/mol. The molecule has 10 nitrogen and oxygen atoms in total. The summed E-state index contributed by atoms with van der Waals surface area (Å²) in [6, 6.07) is 15.7. The van der Waals surface area contributed by atoms with E-state index in [2.05, 4.69) is 10.3 Å². The monoisotopic (exact) mass is 584 g/mol. The highest BCUT2D eigenvalue weighted by atomic mass is 32.2. The van der Waals surface area contributed by atoms with Gasteiger partial charge in [-0.15, -0.1) is 16.9 Å². The van der Waals surface area contributed by atoms with Gasteiger partial charge in [0.1, 0.15) is 18.2 Å². The van der Waals surface area contributed by atoms with E-state index in [9.17, 15) is 19.5 Å². The van der Waals surface area contributed by atoms with Crippen LogP contribution in [0.1, 0.15) is 5.56 Å². The van der Waals surface area contributed by atoms with Gasteiger partial charge in [0.05, 0.1) is 34.7 Å². The summed E-state index contributed by atoms with van der Waals surface area (Å²) in [5.41, 5.74) is 2.49. The zero-order valence-corrected chi connectivity index (χ0v) is 24.0. The summed E-state index contributed by atoms with van der Waals surface area (Å²) in [4.78, 5) is 47.9. The summed E-state index contributed by atoms with van der Waals surface area (Å²) in [6.45, 7) is 0.652. The van der Waals surface area contributed by atoms with Crippen LogP contribution in [0.2, 0.25) is 0 Å². The number of aromatic nitrogens is 3. The molecule has 7 rings (SSSR count). The Morgan fingerprint density at radius 3 is 2.60 bits per heavy atom. The smallest absolute Gasteiger partial charge is 0.248 e. The molecule has 11 heteroatoms. The first kappa shape index (κ1) is 26.9. The number of para-hydroxylation sites is 1. The average Bonchev–Trinajstić information content (AvgIpc) is 3.57. The number of likely N-dealkylation sites (N-methyl/N-ethyl adjacent to an activating group) is 1. The molecule has 0 saturated carbocycles. The lowest BCUT2D eigenvalue weighted by molar-refractivity contribution is -0.147. The highest BCUT2D eigenvalue weighted by molar-refractivity contribution is 8.02. The van der Waals surface area contributed by atoms with Gasteiger partial charge in [-0.3, -0.25) is 14.4 Å². The van der Waals surface area contributed by atoms with E-state index in [1.165, 1.54) is 11.8 Å². The lowest BCUT2D eigenvalue weighted by Gasteiger charge is -2.38. The second-order valence-corrected chi connectivity index (χ2v) is 12.9. The molecule has 216 valence electrons. The Morgan fingerprint density at radius 2 is 1.79 bits per heavy atom. The first-order chi connectivity index (χ1) is 20.4. The van der Waals surface area contributed by atoms with Crippen LogP contribution >= 0.6 is 11.8 Å². The zero-order valence-electron chi connectivity index (χ0n) is 23.2. The van der Waals surface area contributed by atoms with Gasteiger partial charge in [-0.2, -0.15) is 0 Å². The van der Waals surface area contributed by atoms with Crippen molar-refractivity contribution >= 4 is 40.5 Å². The van der Waals surface area contributed by atoms with Crippen LogP contribution < -0.4 is 0 Å². The standard InChI is InChI=1S/C31H32N6O4S/c1-34-15-7-13-24-25(28(34)39)26-29(40)37(21(18-38)17-20-9-3-2-4-10-20)27-30(41)35(16-8-14-31(26,27)42-24)19-36-23-12-6-5-11-22(23)32-33-36/h2-14,21,24-27,38H,15-19H2,1H3/t21-,24-,25+,26+,27?,31+/m1/s1. The number of aliphatic hydroxyl groups excluding tert-OH is 1. The van der Waals surface area contributed by atoms with Crippen molar-refractivity contribution in [3.8, 4) is 0 Å². The van der Waals surface area contributed by atoms with E-state index >= 15 is 0 Å². The highest BCUT2D eigenvalue weighted by Gasteiger charge is 2.71. The van der Waals surface area contributed by atoms with Gasteiger partial charge in [-0.1, -0.05) is 72.0 Å². The van der Waals surface area contributed by atoms with Gasteiger partial charge >= 0.3 is 0 Å². The van der Waals surface area contributed by atoms with Crippen molar-refractivity contribution in [2.24, 2.45) is 11.8 Å². The molecule has 4 aliphatic heterocycles. The summed E-state index contributed by atoms with van der Waals surface area (Å²) in [5, 5.41) is 19.0. The van der Waals surface area contributed by atoms with E-state index in [-0.39, 0.29) is 36.2 Å². The molecule has 42 heavy (non-hydrogen) atoms. The van der Waals surface area contributed by atoms with Crippen LogP contribution in [0.5, 0.6) is 0 Å². The first-order valence-corrected chi connectivity index (χ1v) is 15.1. The number of rotatable bonds is 6. The highest BCUT2D eigenvalue weighted by Crippen LogP contribution is 2.61. The normalized spacial score (nSPS) is 29.5. The van der Waals surface area contributed by atoms with Crippen molar-refractivity contribution in [2.45, 2.75) is 35.2 Å². The van der Waals surface area contributed by atoms with Crippen LogP contribution in [0.4, 0.5) is 0 Å². The van der Waals surface area contributed by atoms with Crippen LogP contribution in [-0.4, -0.2) is 101 Å². The summed E-state index contributed by atoms with van der Waals surface area (Å²) in [5.74, 6) is -1.90. The molecule has 4 aliphatic rings. The van der Waals surface area contributed by atoms with Crippen LogP contribution in [0.3, 0.4) is 0 Å². The van der Waals surface area contributed by atoms with Crippen LogP contribution in [-0.2, 0) is 27.5 Å². The topological polar surface area (TPSA) is 112 Å². The molecule has 2 saturated heterocycles. The molecule has 0 bridgehead atoms. The molecule has 1 spiro atoms. The van der Waals surface area contributed by atoms with E-state index in [1.54, 1.807) is 26.4 Å².